The normalized spacial score (nSPS) is 20.8. The number of nitrogens with two attached hydrogens (primary N) is 1. The Kier molecular flexibility index (Phi) is 2.82. The molecule has 1 saturated carbocycles. The van der Waals surface area contributed by atoms with Crippen molar-refractivity contribution in [3.05, 3.63) is 17.7 Å². The molecule has 18 heavy (non-hydrogen) atoms. The van der Waals surface area contributed by atoms with Crippen molar-refractivity contribution < 1.29 is 14.2 Å². The molecule has 98 valence electrons. The maximum atomic E-state index is 6.59. The first-order chi connectivity index (χ1) is 8.73. The summed E-state index contributed by atoms with van der Waals surface area (Å²) in [4.78, 5) is 0. The van der Waals surface area contributed by atoms with Gasteiger partial charge in [-0.05, 0) is 18.9 Å². The van der Waals surface area contributed by atoms with E-state index in [-0.39, 0.29) is 12.3 Å². The van der Waals surface area contributed by atoms with Crippen molar-refractivity contribution in [1.82, 2.24) is 0 Å². The molecule has 1 aliphatic carbocycles. The average molecular weight is 249 g/mol. The lowest BCUT2D eigenvalue weighted by atomic mass is 9.77. The lowest BCUT2D eigenvalue weighted by Crippen LogP contribution is -2.38. The smallest absolute Gasteiger partial charge is 0.231 e. The lowest BCUT2D eigenvalue weighted by Gasteiger charge is -2.34. The van der Waals surface area contributed by atoms with Gasteiger partial charge in [0.25, 0.3) is 0 Å². The van der Waals surface area contributed by atoms with E-state index in [1.807, 2.05) is 12.1 Å². The van der Waals surface area contributed by atoms with Crippen molar-refractivity contribution >= 4 is 0 Å². The number of hydrogen-bond acceptors (Lipinski definition) is 4. The third kappa shape index (κ3) is 1.81. The van der Waals surface area contributed by atoms with E-state index in [1.54, 1.807) is 7.11 Å². The zero-order valence-electron chi connectivity index (χ0n) is 10.7. The second-order valence-electron chi connectivity index (χ2n) is 5.13. The van der Waals surface area contributed by atoms with Gasteiger partial charge in [-0.3, -0.25) is 0 Å². The molecule has 0 atom stereocenters. The summed E-state index contributed by atoms with van der Waals surface area (Å²) in [7, 11) is 1.66. The van der Waals surface area contributed by atoms with Crippen LogP contribution in [0.4, 0.5) is 0 Å². The first-order valence-corrected chi connectivity index (χ1v) is 6.50. The Bertz CT molecular complexity index is 453. The van der Waals surface area contributed by atoms with Crippen LogP contribution in [0.2, 0.25) is 0 Å². The van der Waals surface area contributed by atoms with Gasteiger partial charge in [0.1, 0.15) is 5.75 Å². The summed E-state index contributed by atoms with van der Waals surface area (Å²) in [5.74, 6) is 2.34. The highest BCUT2D eigenvalue weighted by Crippen LogP contribution is 2.47. The Hall–Kier alpha value is -1.42. The minimum Gasteiger partial charge on any atom is -0.497 e. The zero-order valence-corrected chi connectivity index (χ0v) is 10.7. The number of hydrogen-bond donors (Lipinski definition) is 1. The zero-order chi connectivity index (χ0) is 12.6. The molecule has 1 aromatic rings. The Morgan fingerprint density at radius 2 is 1.94 bits per heavy atom. The fourth-order valence-corrected chi connectivity index (χ4v) is 2.92. The Labute approximate surface area is 107 Å². The van der Waals surface area contributed by atoms with E-state index in [9.17, 15) is 0 Å². The largest absolute Gasteiger partial charge is 0.497 e. The summed E-state index contributed by atoms with van der Waals surface area (Å²) in [5.41, 5.74) is 7.32. The molecule has 0 radical (unpaired) electrons. The molecule has 3 rings (SSSR count). The van der Waals surface area contributed by atoms with Crippen molar-refractivity contribution in [2.24, 2.45) is 5.73 Å². The molecule has 4 heteroatoms. The van der Waals surface area contributed by atoms with Gasteiger partial charge in [-0.1, -0.05) is 19.3 Å². The maximum absolute atomic E-state index is 6.59. The predicted molar refractivity (Wildman–Crippen MR) is 68.1 cm³/mol. The minimum atomic E-state index is -0.301. The summed E-state index contributed by atoms with van der Waals surface area (Å²) in [6.07, 6.45) is 5.60. The van der Waals surface area contributed by atoms with Crippen LogP contribution in [-0.4, -0.2) is 13.9 Å². The van der Waals surface area contributed by atoms with Crippen molar-refractivity contribution in [2.75, 3.05) is 13.9 Å². The van der Waals surface area contributed by atoms with Crippen LogP contribution in [0.5, 0.6) is 17.2 Å². The Morgan fingerprint density at radius 3 is 2.67 bits per heavy atom. The highest BCUT2D eigenvalue weighted by atomic mass is 16.7. The van der Waals surface area contributed by atoms with E-state index in [4.69, 9.17) is 19.9 Å². The molecule has 1 fully saturated rings. The van der Waals surface area contributed by atoms with Crippen LogP contribution in [0.15, 0.2) is 12.1 Å². The molecule has 2 N–H and O–H groups in total. The third-order valence-corrected chi connectivity index (χ3v) is 3.96. The number of methoxy groups -OCH3 is 1. The second-order valence-corrected chi connectivity index (χ2v) is 5.13. The molecule has 0 unspecified atom stereocenters. The fourth-order valence-electron chi connectivity index (χ4n) is 2.92. The van der Waals surface area contributed by atoms with Crippen molar-refractivity contribution in [3.8, 4) is 17.2 Å². The van der Waals surface area contributed by atoms with Crippen LogP contribution < -0.4 is 19.9 Å². The summed E-state index contributed by atoms with van der Waals surface area (Å²) < 4.78 is 16.4. The highest BCUT2D eigenvalue weighted by Gasteiger charge is 2.35. The molecule has 1 aliphatic heterocycles. The quantitative estimate of drug-likeness (QED) is 0.875. The second kappa shape index (κ2) is 4.35. The van der Waals surface area contributed by atoms with Crippen LogP contribution in [0.3, 0.4) is 0 Å². The van der Waals surface area contributed by atoms with Crippen LogP contribution in [0.1, 0.15) is 37.7 Å². The van der Waals surface area contributed by atoms with Gasteiger partial charge in [0, 0.05) is 17.2 Å². The van der Waals surface area contributed by atoms with E-state index >= 15 is 0 Å². The molecule has 0 saturated heterocycles. The standard InChI is InChI=1S/C14H19NO3/c1-16-10-7-11(13-12(8-10)17-9-18-13)14(15)5-3-2-4-6-14/h7-8H,2-6,9,15H2,1H3. The Balaban J connectivity index is 2.07. The molecule has 0 aromatic heterocycles. The van der Waals surface area contributed by atoms with Gasteiger partial charge in [-0.2, -0.15) is 0 Å². The van der Waals surface area contributed by atoms with Crippen LogP contribution in [0, 0.1) is 0 Å². The topological polar surface area (TPSA) is 53.7 Å². The lowest BCUT2D eigenvalue weighted by molar-refractivity contribution is 0.170. The SMILES string of the molecule is COc1cc2c(c(C3(N)CCCCC3)c1)OCO2. The minimum absolute atomic E-state index is 0.269. The number of benzene rings is 1. The van der Waals surface area contributed by atoms with Gasteiger partial charge in [0.15, 0.2) is 11.5 Å². The first-order valence-electron chi connectivity index (χ1n) is 6.50. The molecular weight excluding hydrogens is 230 g/mol. The first kappa shape index (κ1) is 11.7. The van der Waals surface area contributed by atoms with E-state index < -0.39 is 0 Å². The molecule has 0 spiro atoms. The predicted octanol–water partition coefficient (Wildman–Crippen LogP) is 2.54. The van der Waals surface area contributed by atoms with Gasteiger partial charge in [-0.25, -0.2) is 0 Å². The third-order valence-electron chi connectivity index (χ3n) is 3.96. The summed E-state index contributed by atoms with van der Waals surface area (Å²) in [5, 5.41) is 0. The van der Waals surface area contributed by atoms with E-state index in [2.05, 4.69) is 0 Å². The van der Waals surface area contributed by atoms with Crippen LogP contribution >= 0.6 is 0 Å². The monoisotopic (exact) mass is 249 g/mol. The van der Waals surface area contributed by atoms with E-state index in [0.29, 0.717) is 0 Å². The van der Waals surface area contributed by atoms with Gasteiger partial charge in [-0.15, -0.1) is 0 Å². The molecule has 1 aromatic carbocycles. The van der Waals surface area contributed by atoms with Gasteiger partial charge >= 0.3 is 0 Å². The van der Waals surface area contributed by atoms with Crippen LogP contribution in [0.25, 0.3) is 0 Å². The number of ether oxygens (including phenoxy) is 3. The van der Waals surface area contributed by atoms with E-state index in [0.717, 1.165) is 35.7 Å². The van der Waals surface area contributed by atoms with E-state index in [1.165, 1.54) is 19.3 Å². The van der Waals surface area contributed by atoms with Crippen molar-refractivity contribution in [2.45, 2.75) is 37.6 Å². The summed E-state index contributed by atoms with van der Waals surface area (Å²) in [6.45, 7) is 0.269. The Morgan fingerprint density at radius 1 is 1.17 bits per heavy atom. The molecule has 4 nitrogen and oxygen atoms in total. The average Bonchev–Trinajstić information content (AvgIpc) is 2.86. The molecule has 1 heterocycles. The summed E-state index contributed by atoms with van der Waals surface area (Å²) >= 11 is 0. The van der Waals surface area contributed by atoms with Crippen LogP contribution in [-0.2, 0) is 5.54 Å². The number of fused-ring (bicyclic) bond motifs is 1. The van der Waals surface area contributed by atoms with Crippen molar-refractivity contribution in [1.29, 1.82) is 0 Å². The van der Waals surface area contributed by atoms with Gasteiger partial charge in [0.05, 0.1) is 7.11 Å². The van der Waals surface area contributed by atoms with Crippen molar-refractivity contribution in [3.63, 3.8) is 0 Å². The van der Waals surface area contributed by atoms with Gasteiger partial charge in [0.2, 0.25) is 6.79 Å². The van der Waals surface area contributed by atoms with Gasteiger partial charge < -0.3 is 19.9 Å². The maximum Gasteiger partial charge on any atom is 0.231 e. The molecular formula is C14H19NO3. The molecule has 2 aliphatic rings. The molecule has 0 bridgehead atoms. The number of rotatable bonds is 2. The molecule has 0 amide bonds. The highest BCUT2D eigenvalue weighted by molar-refractivity contribution is 5.55. The fraction of sp³-hybridized carbons (Fsp3) is 0.571. The summed E-state index contributed by atoms with van der Waals surface area (Å²) in [6, 6.07) is 3.86.